The molecule has 0 heterocycles. The SMILES string of the molecule is CCCCNC[C@@H](O)c1ccc(O)c(O)c1.Cl. The third-order valence-electron chi connectivity index (χ3n) is 2.43. The van der Waals surface area contributed by atoms with Crippen molar-refractivity contribution < 1.29 is 15.3 Å². The molecule has 17 heavy (non-hydrogen) atoms. The van der Waals surface area contributed by atoms with E-state index in [0.717, 1.165) is 19.4 Å². The summed E-state index contributed by atoms with van der Waals surface area (Å²) in [5.41, 5.74) is 0.597. The lowest BCUT2D eigenvalue weighted by Crippen LogP contribution is -2.22. The first-order chi connectivity index (χ1) is 7.65. The number of phenols is 2. The van der Waals surface area contributed by atoms with E-state index in [4.69, 9.17) is 5.11 Å². The van der Waals surface area contributed by atoms with Crippen LogP contribution in [0, 0.1) is 0 Å². The van der Waals surface area contributed by atoms with Crippen LogP contribution in [0.15, 0.2) is 18.2 Å². The van der Waals surface area contributed by atoms with Crippen LogP contribution in [0.5, 0.6) is 11.5 Å². The molecule has 0 spiro atoms. The number of hydrogen-bond donors (Lipinski definition) is 4. The Morgan fingerprint density at radius 3 is 2.53 bits per heavy atom. The fourth-order valence-electron chi connectivity index (χ4n) is 1.41. The minimum atomic E-state index is -0.664. The molecule has 4 N–H and O–H groups in total. The van der Waals surface area contributed by atoms with Crippen LogP contribution in [0.4, 0.5) is 0 Å². The van der Waals surface area contributed by atoms with Crippen molar-refractivity contribution in [3.05, 3.63) is 23.8 Å². The third kappa shape index (κ3) is 5.26. The number of halogens is 1. The lowest BCUT2D eigenvalue weighted by atomic mass is 10.1. The molecule has 0 aliphatic heterocycles. The fraction of sp³-hybridized carbons (Fsp3) is 0.500. The van der Waals surface area contributed by atoms with Gasteiger partial charge >= 0.3 is 0 Å². The summed E-state index contributed by atoms with van der Waals surface area (Å²) < 4.78 is 0. The summed E-state index contributed by atoms with van der Waals surface area (Å²) in [4.78, 5) is 0. The Balaban J connectivity index is 0.00000256. The Morgan fingerprint density at radius 1 is 1.24 bits per heavy atom. The topological polar surface area (TPSA) is 72.7 Å². The Hall–Kier alpha value is -0.970. The quantitative estimate of drug-likeness (QED) is 0.467. The molecule has 0 bridgehead atoms. The van der Waals surface area contributed by atoms with Crippen molar-refractivity contribution in [1.82, 2.24) is 5.32 Å². The zero-order chi connectivity index (χ0) is 12.0. The van der Waals surface area contributed by atoms with Gasteiger partial charge in [-0.05, 0) is 30.7 Å². The van der Waals surface area contributed by atoms with Crippen molar-refractivity contribution in [1.29, 1.82) is 0 Å². The lowest BCUT2D eigenvalue weighted by molar-refractivity contribution is 0.174. The maximum Gasteiger partial charge on any atom is 0.157 e. The third-order valence-corrected chi connectivity index (χ3v) is 2.43. The molecule has 0 radical (unpaired) electrons. The summed E-state index contributed by atoms with van der Waals surface area (Å²) in [5, 5.41) is 31.3. The Morgan fingerprint density at radius 2 is 1.94 bits per heavy atom. The van der Waals surface area contributed by atoms with Crippen molar-refractivity contribution >= 4 is 12.4 Å². The van der Waals surface area contributed by atoms with Gasteiger partial charge in [0.1, 0.15) is 0 Å². The molecule has 0 aliphatic carbocycles. The highest BCUT2D eigenvalue weighted by atomic mass is 35.5. The maximum atomic E-state index is 9.78. The lowest BCUT2D eigenvalue weighted by Gasteiger charge is -2.12. The van der Waals surface area contributed by atoms with Gasteiger partial charge in [0.15, 0.2) is 11.5 Å². The fourth-order valence-corrected chi connectivity index (χ4v) is 1.41. The minimum Gasteiger partial charge on any atom is -0.504 e. The van der Waals surface area contributed by atoms with Crippen molar-refractivity contribution in [2.45, 2.75) is 25.9 Å². The van der Waals surface area contributed by atoms with Crippen LogP contribution in [0.25, 0.3) is 0 Å². The average Bonchev–Trinajstić information content (AvgIpc) is 2.28. The molecule has 0 saturated heterocycles. The zero-order valence-corrected chi connectivity index (χ0v) is 10.7. The molecule has 0 aromatic heterocycles. The molecule has 0 saturated carbocycles. The molecule has 5 heteroatoms. The molecular weight excluding hydrogens is 242 g/mol. The van der Waals surface area contributed by atoms with E-state index in [-0.39, 0.29) is 23.9 Å². The van der Waals surface area contributed by atoms with Crippen LogP contribution in [0.3, 0.4) is 0 Å². The molecule has 4 nitrogen and oxygen atoms in total. The monoisotopic (exact) mass is 261 g/mol. The van der Waals surface area contributed by atoms with Gasteiger partial charge < -0.3 is 20.6 Å². The van der Waals surface area contributed by atoms with Crippen LogP contribution in [0.1, 0.15) is 31.4 Å². The second kappa shape index (κ2) is 8.17. The molecule has 1 atom stereocenters. The molecule has 98 valence electrons. The summed E-state index contributed by atoms with van der Waals surface area (Å²) in [6.07, 6.45) is 1.53. The Labute approximate surface area is 108 Å². The number of nitrogens with one attached hydrogen (secondary N) is 1. The van der Waals surface area contributed by atoms with Gasteiger partial charge in [-0.15, -0.1) is 12.4 Å². The van der Waals surface area contributed by atoms with Crippen molar-refractivity contribution in [2.24, 2.45) is 0 Å². The van der Waals surface area contributed by atoms with Gasteiger partial charge in [0.05, 0.1) is 6.10 Å². The largest absolute Gasteiger partial charge is 0.504 e. The summed E-state index contributed by atoms with van der Waals surface area (Å²) >= 11 is 0. The summed E-state index contributed by atoms with van der Waals surface area (Å²) in [5.74, 6) is -0.375. The molecule has 0 amide bonds. The van der Waals surface area contributed by atoms with Crippen LogP contribution in [-0.4, -0.2) is 28.4 Å². The van der Waals surface area contributed by atoms with E-state index in [1.165, 1.54) is 12.1 Å². The number of unbranched alkanes of at least 4 members (excludes halogenated alkanes) is 1. The number of phenolic OH excluding ortho intramolecular Hbond substituents is 2. The summed E-state index contributed by atoms with van der Waals surface area (Å²) in [6.45, 7) is 3.43. The number of rotatable bonds is 6. The number of benzene rings is 1. The van der Waals surface area contributed by atoms with Crippen molar-refractivity contribution in [3.8, 4) is 11.5 Å². The normalized spacial score (nSPS) is 11.9. The van der Waals surface area contributed by atoms with E-state index in [9.17, 15) is 10.2 Å². The van der Waals surface area contributed by atoms with E-state index >= 15 is 0 Å². The highest BCUT2D eigenvalue weighted by Gasteiger charge is 2.09. The van der Waals surface area contributed by atoms with Gasteiger partial charge in [-0.1, -0.05) is 19.4 Å². The molecule has 0 unspecified atom stereocenters. The molecule has 1 rings (SSSR count). The first-order valence-electron chi connectivity index (χ1n) is 5.55. The van der Waals surface area contributed by atoms with E-state index in [0.29, 0.717) is 12.1 Å². The zero-order valence-electron chi connectivity index (χ0n) is 9.89. The predicted molar refractivity (Wildman–Crippen MR) is 69.8 cm³/mol. The second-order valence-corrected chi connectivity index (χ2v) is 3.82. The van der Waals surface area contributed by atoms with E-state index in [2.05, 4.69) is 12.2 Å². The van der Waals surface area contributed by atoms with Gasteiger partial charge in [-0.2, -0.15) is 0 Å². The van der Waals surface area contributed by atoms with Crippen molar-refractivity contribution in [3.63, 3.8) is 0 Å². The van der Waals surface area contributed by atoms with E-state index in [1.807, 2.05) is 0 Å². The van der Waals surface area contributed by atoms with Crippen LogP contribution in [0.2, 0.25) is 0 Å². The van der Waals surface area contributed by atoms with Gasteiger partial charge in [0.2, 0.25) is 0 Å². The minimum absolute atomic E-state index is 0. The van der Waals surface area contributed by atoms with Gasteiger partial charge in [-0.25, -0.2) is 0 Å². The first kappa shape index (κ1) is 16.0. The molecule has 1 aromatic carbocycles. The average molecular weight is 262 g/mol. The smallest absolute Gasteiger partial charge is 0.157 e. The molecule has 0 fully saturated rings. The summed E-state index contributed by atoms with van der Waals surface area (Å²) in [7, 11) is 0. The standard InChI is InChI=1S/C12H19NO3.ClH/c1-2-3-6-13-8-12(16)9-4-5-10(14)11(15)7-9;/h4-5,7,12-16H,2-3,6,8H2,1H3;1H/t12-;/m1./s1. The first-order valence-corrected chi connectivity index (χ1v) is 5.55. The van der Waals surface area contributed by atoms with E-state index < -0.39 is 6.10 Å². The van der Waals surface area contributed by atoms with Crippen LogP contribution in [-0.2, 0) is 0 Å². The van der Waals surface area contributed by atoms with E-state index in [1.54, 1.807) is 6.07 Å². The predicted octanol–water partition coefficient (Wildman–Crippen LogP) is 1.94. The Bertz CT molecular complexity index is 334. The number of hydrogen-bond acceptors (Lipinski definition) is 4. The highest BCUT2D eigenvalue weighted by molar-refractivity contribution is 5.85. The summed E-state index contributed by atoms with van der Waals surface area (Å²) in [6, 6.07) is 4.35. The second-order valence-electron chi connectivity index (χ2n) is 3.82. The maximum absolute atomic E-state index is 9.78. The number of aliphatic hydroxyl groups is 1. The molecular formula is C12H20ClNO3. The highest BCUT2D eigenvalue weighted by Crippen LogP contribution is 2.27. The van der Waals surface area contributed by atoms with Gasteiger partial charge in [-0.3, -0.25) is 0 Å². The molecule has 0 aliphatic rings. The van der Waals surface area contributed by atoms with Crippen LogP contribution >= 0.6 is 12.4 Å². The Kier molecular flexibility index (Phi) is 7.70. The number of aliphatic hydroxyl groups excluding tert-OH is 1. The van der Waals surface area contributed by atoms with Crippen molar-refractivity contribution in [2.75, 3.05) is 13.1 Å². The number of aromatic hydroxyl groups is 2. The molecule has 1 aromatic rings. The van der Waals surface area contributed by atoms with Gasteiger partial charge in [0.25, 0.3) is 0 Å². The van der Waals surface area contributed by atoms with Gasteiger partial charge in [0, 0.05) is 6.54 Å². The van der Waals surface area contributed by atoms with Crippen LogP contribution < -0.4 is 5.32 Å².